The molecule has 0 saturated carbocycles. The SMILES string of the molecule is CC(C)Oc1cc(C(=O)OC(C)(C)C)ccc1NC(=O)C(C(=O)C(C)(C)C)N1C(=O)OC(C)(C)C1=O. The number of carbonyl (C=O) groups excluding carboxylic acids is 5. The van der Waals surface area contributed by atoms with Crippen LogP contribution in [-0.2, 0) is 23.9 Å². The van der Waals surface area contributed by atoms with Gasteiger partial charge in [0.05, 0.1) is 17.4 Å². The molecule has 1 atom stereocenters. The predicted molar refractivity (Wildman–Crippen MR) is 132 cm³/mol. The zero-order chi connectivity index (χ0) is 27.8. The van der Waals surface area contributed by atoms with E-state index in [4.69, 9.17) is 14.2 Å². The van der Waals surface area contributed by atoms with Crippen LogP contribution in [0.5, 0.6) is 5.75 Å². The molecule has 1 aromatic rings. The van der Waals surface area contributed by atoms with Crippen LogP contribution in [0.1, 0.15) is 79.6 Å². The van der Waals surface area contributed by atoms with Crippen LogP contribution in [0.15, 0.2) is 18.2 Å². The molecule has 0 bridgehead atoms. The third-order valence-electron chi connectivity index (χ3n) is 5.00. The van der Waals surface area contributed by atoms with Crippen molar-refractivity contribution >= 4 is 35.3 Å². The van der Waals surface area contributed by atoms with E-state index < -0.39 is 52.3 Å². The first-order valence-corrected chi connectivity index (χ1v) is 11.7. The number of hydrogen-bond donors (Lipinski definition) is 1. The highest BCUT2D eigenvalue weighted by atomic mass is 16.6. The Balaban J connectivity index is 2.49. The van der Waals surface area contributed by atoms with Crippen molar-refractivity contribution in [2.75, 3.05) is 5.32 Å². The van der Waals surface area contributed by atoms with Gasteiger partial charge in [-0.25, -0.2) is 14.5 Å². The maximum atomic E-state index is 13.5. The topological polar surface area (TPSA) is 128 Å². The zero-order valence-corrected chi connectivity index (χ0v) is 22.6. The molecule has 1 fully saturated rings. The minimum absolute atomic E-state index is 0.145. The van der Waals surface area contributed by atoms with Gasteiger partial charge in [-0.05, 0) is 66.7 Å². The fourth-order valence-corrected chi connectivity index (χ4v) is 3.31. The van der Waals surface area contributed by atoms with Crippen LogP contribution in [0.4, 0.5) is 10.5 Å². The van der Waals surface area contributed by atoms with Crippen LogP contribution in [0, 0.1) is 5.41 Å². The predicted octanol–water partition coefficient (Wildman–Crippen LogP) is 4.11. The first-order valence-electron chi connectivity index (χ1n) is 11.7. The highest BCUT2D eigenvalue weighted by Gasteiger charge is 2.55. The Labute approximate surface area is 211 Å². The van der Waals surface area contributed by atoms with E-state index >= 15 is 0 Å². The van der Waals surface area contributed by atoms with Gasteiger partial charge in [-0.15, -0.1) is 0 Å². The number of anilines is 1. The molecule has 1 heterocycles. The van der Waals surface area contributed by atoms with Gasteiger partial charge in [0.25, 0.3) is 11.8 Å². The number of esters is 1. The number of rotatable bonds is 7. The van der Waals surface area contributed by atoms with E-state index in [0.29, 0.717) is 4.90 Å². The quantitative estimate of drug-likeness (QED) is 0.434. The van der Waals surface area contributed by atoms with Gasteiger partial charge in [0.2, 0.25) is 0 Å². The fraction of sp³-hybridized carbons (Fsp3) is 0.577. The molecule has 198 valence electrons. The van der Waals surface area contributed by atoms with Crippen LogP contribution in [0.3, 0.4) is 0 Å². The molecule has 0 spiro atoms. The van der Waals surface area contributed by atoms with Gasteiger partial charge < -0.3 is 19.5 Å². The maximum absolute atomic E-state index is 13.5. The smallest absolute Gasteiger partial charge is 0.418 e. The number of nitrogens with one attached hydrogen (secondary N) is 1. The van der Waals surface area contributed by atoms with Crippen LogP contribution in [-0.4, -0.2) is 57.9 Å². The lowest BCUT2D eigenvalue weighted by Gasteiger charge is -2.29. The summed E-state index contributed by atoms with van der Waals surface area (Å²) < 4.78 is 16.3. The summed E-state index contributed by atoms with van der Waals surface area (Å²) in [5.41, 5.74) is -2.95. The molecule has 3 amide bonds. The van der Waals surface area contributed by atoms with Crippen molar-refractivity contribution in [2.45, 2.75) is 92.6 Å². The Morgan fingerprint density at radius 3 is 2.06 bits per heavy atom. The number of imide groups is 1. The highest BCUT2D eigenvalue weighted by Crippen LogP contribution is 2.32. The van der Waals surface area contributed by atoms with Crippen molar-refractivity contribution in [1.29, 1.82) is 0 Å². The second-order valence-electron chi connectivity index (χ2n) is 11.4. The minimum Gasteiger partial charge on any atom is -0.489 e. The van der Waals surface area contributed by atoms with E-state index in [1.54, 1.807) is 55.4 Å². The van der Waals surface area contributed by atoms with Crippen molar-refractivity contribution in [3.8, 4) is 5.75 Å². The summed E-state index contributed by atoms with van der Waals surface area (Å²) in [6.07, 6.45) is -1.40. The molecular weight excluding hydrogens is 468 g/mol. The van der Waals surface area contributed by atoms with Crippen molar-refractivity contribution in [1.82, 2.24) is 4.90 Å². The summed E-state index contributed by atoms with van der Waals surface area (Å²) in [5, 5.41) is 2.59. The maximum Gasteiger partial charge on any atom is 0.418 e. The first kappa shape index (κ1) is 28.8. The van der Waals surface area contributed by atoms with Crippen LogP contribution in [0.25, 0.3) is 0 Å². The Morgan fingerprint density at radius 1 is 1.03 bits per heavy atom. The van der Waals surface area contributed by atoms with E-state index in [0.717, 1.165) is 0 Å². The summed E-state index contributed by atoms with van der Waals surface area (Å²) in [6.45, 7) is 16.2. The van der Waals surface area contributed by atoms with Gasteiger partial charge in [0, 0.05) is 5.41 Å². The lowest BCUT2D eigenvalue weighted by atomic mass is 9.85. The highest BCUT2D eigenvalue weighted by molar-refractivity contribution is 6.19. The standard InChI is InChI=1S/C26H36N2O8/c1-14(2)34-17-13-15(21(31)35-25(6,7)8)11-12-16(17)27-20(30)18(19(29)24(3,4)5)28-22(32)26(9,10)36-23(28)33/h11-14,18H,1-10H3,(H,27,30). The summed E-state index contributed by atoms with van der Waals surface area (Å²) in [7, 11) is 0. The van der Waals surface area contributed by atoms with Gasteiger partial charge in [-0.1, -0.05) is 20.8 Å². The normalized spacial score (nSPS) is 16.5. The Kier molecular flexibility index (Phi) is 7.93. The Hall–Kier alpha value is -3.43. The molecular formula is C26H36N2O8. The number of ketones is 1. The van der Waals surface area contributed by atoms with Crippen molar-refractivity contribution in [3.63, 3.8) is 0 Å². The number of nitrogens with zero attached hydrogens (tertiary/aromatic N) is 1. The number of hydrogen-bond acceptors (Lipinski definition) is 8. The zero-order valence-electron chi connectivity index (χ0n) is 22.6. The van der Waals surface area contributed by atoms with Crippen LogP contribution >= 0.6 is 0 Å². The molecule has 1 unspecified atom stereocenters. The second-order valence-corrected chi connectivity index (χ2v) is 11.4. The number of Topliss-reactive ketones (excluding diaryl/α,β-unsaturated/α-hetero) is 1. The largest absolute Gasteiger partial charge is 0.489 e. The number of cyclic esters (lactones) is 1. The van der Waals surface area contributed by atoms with Gasteiger partial charge in [-0.3, -0.25) is 14.4 Å². The Morgan fingerprint density at radius 2 is 1.61 bits per heavy atom. The van der Waals surface area contributed by atoms with Crippen molar-refractivity contribution < 1.29 is 38.2 Å². The third kappa shape index (κ3) is 6.61. The molecule has 1 aromatic carbocycles. The molecule has 2 rings (SSSR count). The van der Waals surface area contributed by atoms with E-state index in [2.05, 4.69) is 5.32 Å². The van der Waals surface area contributed by atoms with Crippen LogP contribution in [0.2, 0.25) is 0 Å². The third-order valence-corrected chi connectivity index (χ3v) is 5.00. The molecule has 10 nitrogen and oxygen atoms in total. The summed E-state index contributed by atoms with van der Waals surface area (Å²) >= 11 is 0. The summed E-state index contributed by atoms with van der Waals surface area (Å²) in [4.78, 5) is 65.3. The summed E-state index contributed by atoms with van der Waals surface area (Å²) in [5.74, 6) is -2.80. The fourth-order valence-electron chi connectivity index (χ4n) is 3.31. The van der Waals surface area contributed by atoms with Gasteiger partial charge in [0.1, 0.15) is 11.4 Å². The monoisotopic (exact) mass is 504 g/mol. The first-order chi connectivity index (χ1) is 16.2. The van der Waals surface area contributed by atoms with Gasteiger partial charge in [0.15, 0.2) is 17.4 Å². The molecule has 1 N–H and O–H groups in total. The number of amides is 3. The van der Waals surface area contributed by atoms with Crippen molar-refractivity contribution in [2.24, 2.45) is 5.41 Å². The Bertz CT molecular complexity index is 1080. The van der Waals surface area contributed by atoms with E-state index in [-0.39, 0.29) is 23.1 Å². The number of benzene rings is 1. The molecule has 1 aliphatic rings. The van der Waals surface area contributed by atoms with Gasteiger partial charge >= 0.3 is 12.1 Å². The lowest BCUT2D eigenvalue weighted by Crippen LogP contribution is -2.55. The molecule has 36 heavy (non-hydrogen) atoms. The lowest BCUT2D eigenvalue weighted by molar-refractivity contribution is -0.145. The number of ether oxygens (including phenoxy) is 3. The molecule has 10 heteroatoms. The van der Waals surface area contributed by atoms with Crippen LogP contribution < -0.4 is 10.1 Å². The van der Waals surface area contributed by atoms with E-state index in [1.165, 1.54) is 32.0 Å². The second kappa shape index (κ2) is 9.91. The molecule has 1 aliphatic heterocycles. The summed E-state index contributed by atoms with van der Waals surface area (Å²) in [6, 6.07) is 2.52. The minimum atomic E-state index is -1.77. The van der Waals surface area contributed by atoms with E-state index in [1.807, 2.05) is 0 Å². The number of carbonyl (C=O) groups is 5. The molecule has 0 aromatic heterocycles. The molecule has 0 aliphatic carbocycles. The molecule has 1 saturated heterocycles. The van der Waals surface area contributed by atoms with Crippen molar-refractivity contribution in [3.05, 3.63) is 23.8 Å². The van der Waals surface area contributed by atoms with Gasteiger partial charge in [-0.2, -0.15) is 0 Å². The average Bonchev–Trinajstić information content (AvgIpc) is 2.88. The average molecular weight is 505 g/mol. The van der Waals surface area contributed by atoms with E-state index in [9.17, 15) is 24.0 Å². The molecule has 0 radical (unpaired) electrons.